The number of aromatic amines is 1. The summed E-state index contributed by atoms with van der Waals surface area (Å²) in [6.07, 6.45) is -2.83. The second-order valence-electron chi connectivity index (χ2n) is 9.55. The van der Waals surface area contributed by atoms with Gasteiger partial charge in [-0.1, -0.05) is 0 Å². The lowest BCUT2D eigenvalue weighted by Crippen LogP contribution is -2.41. The molecule has 12 heteroatoms. The van der Waals surface area contributed by atoms with Crippen LogP contribution in [0.2, 0.25) is 0 Å². The number of H-pyrrole nitrogens is 1. The first-order chi connectivity index (χ1) is 17.5. The van der Waals surface area contributed by atoms with Crippen LogP contribution in [0.5, 0.6) is 5.75 Å². The quantitative estimate of drug-likeness (QED) is 0.479. The van der Waals surface area contributed by atoms with E-state index < -0.39 is 29.9 Å². The highest BCUT2D eigenvalue weighted by molar-refractivity contribution is 6.09. The van der Waals surface area contributed by atoms with Gasteiger partial charge in [0.1, 0.15) is 29.5 Å². The summed E-state index contributed by atoms with van der Waals surface area (Å²) in [6, 6.07) is 2.32. The van der Waals surface area contributed by atoms with Crippen LogP contribution < -0.4 is 10.1 Å². The molecule has 3 heterocycles. The Morgan fingerprint density at radius 2 is 1.97 bits per heavy atom. The molecule has 0 unspecified atom stereocenters. The molecule has 196 valence electrons. The lowest BCUT2D eigenvalue weighted by atomic mass is 10.0. The molecule has 3 aromatic rings. The highest BCUT2D eigenvalue weighted by Gasteiger charge is 2.36. The summed E-state index contributed by atoms with van der Waals surface area (Å²) in [5.74, 6) is -0.285. The minimum Gasteiger partial charge on any atom is -0.493 e. The molecule has 0 bridgehead atoms. The van der Waals surface area contributed by atoms with E-state index in [9.17, 15) is 27.2 Å². The van der Waals surface area contributed by atoms with Gasteiger partial charge in [0, 0.05) is 24.7 Å². The molecule has 1 saturated heterocycles. The molecule has 0 radical (unpaired) electrons. The monoisotopic (exact) mass is 519 g/mol. The maximum Gasteiger partial charge on any atom is 0.416 e. The van der Waals surface area contributed by atoms with Crippen LogP contribution in [0.25, 0.3) is 22.3 Å². The second kappa shape index (κ2) is 9.31. The zero-order valence-electron chi connectivity index (χ0n) is 20.2. The minimum atomic E-state index is -4.58. The van der Waals surface area contributed by atoms with Crippen molar-refractivity contribution in [1.29, 1.82) is 0 Å². The van der Waals surface area contributed by atoms with Gasteiger partial charge in [-0.25, -0.2) is 14.4 Å². The number of aryl methyl sites for hydroxylation is 1. The molecule has 0 spiro atoms. The van der Waals surface area contributed by atoms with Crippen molar-refractivity contribution in [2.45, 2.75) is 45.1 Å². The normalized spacial score (nSPS) is 19.9. The van der Waals surface area contributed by atoms with Crippen molar-refractivity contribution in [2.75, 3.05) is 19.7 Å². The first-order valence-corrected chi connectivity index (χ1v) is 11.9. The summed E-state index contributed by atoms with van der Waals surface area (Å²) >= 11 is 0. The van der Waals surface area contributed by atoms with Crippen LogP contribution >= 0.6 is 0 Å². The van der Waals surface area contributed by atoms with Gasteiger partial charge in [0.25, 0.3) is 5.91 Å². The van der Waals surface area contributed by atoms with Crippen LogP contribution in [-0.2, 0) is 11.0 Å². The molecule has 8 nitrogen and oxygen atoms in total. The van der Waals surface area contributed by atoms with Crippen molar-refractivity contribution in [3.63, 3.8) is 0 Å². The summed E-state index contributed by atoms with van der Waals surface area (Å²) in [5.41, 5.74) is 0.359. The third-order valence-corrected chi connectivity index (χ3v) is 6.74. The lowest BCUT2D eigenvalue weighted by molar-refractivity contribution is -0.137. The highest BCUT2D eigenvalue weighted by Crippen LogP contribution is 2.40. The molecular formula is C25H25F4N5O3. The molecule has 1 aliphatic heterocycles. The molecule has 2 amide bonds. The number of likely N-dealkylation sites (tertiary alicyclic amines) is 1. The summed E-state index contributed by atoms with van der Waals surface area (Å²) in [6.45, 7) is 3.25. The van der Waals surface area contributed by atoms with E-state index in [1.807, 2.05) is 0 Å². The third-order valence-electron chi connectivity index (χ3n) is 6.74. The predicted octanol–water partition coefficient (Wildman–Crippen LogP) is 4.04. The smallest absolute Gasteiger partial charge is 0.416 e. The summed E-state index contributed by atoms with van der Waals surface area (Å²) in [4.78, 5) is 37.5. The van der Waals surface area contributed by atoms with E-state index in [1.54, 1.807) is 6.92 Å². The Morgan fingerprint density at radius 3 is 2.62 bits per heavy atom. The molecule has 2 fully saturated rings. The van der Waals surface area contributed by atoms with Crippen LogP contribution in [0.15, 0.2) is 24.5 Å². The number of nitrogens with one attached hydrogen (secondary N) is 2. The second-order valence-corrected chi connectivity index (χ2v) is 9.55. The average Bonchev–Trinajstić information content (AvgIpc) is 3.50. The third kappa shape index (κ3) is 4.96. The van der Waals surface area contributed by atoms with E-state index in [0.29, 0.717) is 18.2 Å². The van der Waals surface area contributed by atoms with Crippen molar-refractivity contribution in [3.05, 3.63) is 41.3 Å². The van der Waals surface area contributed by atoms with Crippen LogP contribution in [0, 0.1) is 12.8 Å². The number of hydrogen-bond acceptors (Lipinski definition) is 5. The lowest BCUT2D eigenvalue weighted by Gasteiger charge is -2.15. The number of amides is 2. The number of benzene rings is 1. The van der Waals surface area contributed by atoms with Gasteiger partial charge in [-0.05, 0) is 43.9 Å². The van der Waals surface area contributed by atoms with Gasteiger partial charge in [0.2, 0.25) is 5.91 Å². The van der Waals surface area contributed by atoms with Crippen LogP contribution in [0.4, 0.5) is 17.6 Å². The van der Waals surface area contributed by atoms with Crippen molar-refractivity contribution < 1.29 is 31.9 Å². The van der Waals surface area contributed by atoms with E-state index in [1.165, 1.54) is 17.9 Å². The van der Waals surface area contributed by atoms with Gasteiger partial charge in [-0.2, -0.15) is 13.2 Å². The van der Waals surface area contributed by atoms with Crippen LogP contribution in [-0.4, -0.2) is 63.6 Å². The van der Waals surface area contributed by atoms with E-state index in [-0.39, 0.29) is 52.6 Å². The number of alkyl halides is 4. The number of ether oxygens (including phenoxy) is 1. The van der Waals surface area contributed by atoms with Gasteiger partial charge in [0.15, 0.2) is 0 Å². The zero-order chi connectivity index (χ0) is 26.5. The average molecular weight is 519 g/mol. The summed E-state index contributed by atoms with van der Waals surface area (Å²) in [7, 11) is 0. The molecule has 1 saturated carbocycles. The Kier molecular flexibility index (Phi) is 6.28. The number of rotatable bonds is 6. The molecule has 1 aliphatic carbocycles. The highest BCUT2D eigenvalue weighted by atomic mass is 19.4. The Balaban J connectivity index is 1.52. The van der Waals surface area contributed by atoms with Crippen LogP contribution in [0.1, 0.15) is 41.4 Å². The molecule has 1 aromatic carbocycles. The van der Waals surface area contributed by atoms with E-state index in [2.05, 4.69) is 20.3 Å². The maximum absolute atomic E-state index is 14.5. The number of hydrogen-bond donors (Lipinski definition) is 2. The zero-order valence-corrected chi connectivity index (χ0v) is 20.2. The number of fused-ring (bicyclic) bond motifs is 1. The number of nitrogens with zero attached hydrogens (tertiary/aromatic N) is 3. The SMILES string of the molecule is CC(=O)N1C[C@@H](F)[C@@H](NC(=O)c2c(C)[nH]c3c(-c4cc(C(F)(F)F)ccc4OCC4CC4)ncnc23)C1. The molecule has 2 N–H and O–H groups in total. The van der Waals surface area contributed by atoms with Gasteiger partial charge >= 0.3 is 6.18 Å². The largest absolute Gasteiger partial charge is 0.493 e. The molecular weight excluding hydrogens is 494 g/mol. The minimum absolute atomic E-state index is 0.0375. The summed E-state index contributed by atoms with van der Waals surface area (Å²) < 4.78 is 60.9. The van der Waals surface area contributed by atoms with Crippen molar-refractivity contribution in [3.8, 4) is 17.0 Å². The first-order valence-electron chi connectivity index (χ1n) is 11.9. The fourth-order valence-corrected chi connectivity index (χ4v) is 4.51. The van der Waals surface area contributed by atoms with Gasteiger partial charge in [-0.3, -0.25) is 9.59 Å². The number of aromatic nitrogens is 3. The fourth-order valence-electron chi connectivity index (χ4n) is 4.51. The Hall–Kier alpha value is -3.70. The van der Waals surface area contributed by atoms with Gasteiger partial charge < -0.3 is 19.9 Å². The first kappa shape index (κ1) is 25.0. The van der Waals surface area contributed by atoms with E-state index in [4.69, 9.17) is 4.74 Å². The number of carbonyl (C=O) groups excluding carboxylic acids is 2. The fraction of sp³-hybridized carbons (Fsp3) is 0.440. The summed E-state index contributed by atoms with van der Waals surface area (Å²) in [5, 5.41) is 2.63. The Morgan fingerprint density at radius 1 is 1.22 bits per heavy atom. The van der Waals surface area contributed by atoms with Crippen molar-refractivity contribution in [2.24, 2.45) is 5.92 Å². The molecule has 37 heavy (non-hydrogen) atoms. The number of halogens is 4. The van der Waals surface area contributed by atoms with Gasteiger partial charge in [0.05, 0.1) is 35.8 Å². The molecule has 2 aromatic heterocycles. The molecule has 5 rings (SSSR count). The molecule has 2 aliphatic rings. The maximum atomic E-state index is 14.5. The van der Waals surface area contributed by atoms with Crippen molar-refractivity contribution >= 4 is 22.8 Å². The number of carbonyl (C=O) groups is 2. The van der Waals surface area contributed by atoms with E-state index >= 15 is 0 Å². The molecule has 2 atom stereocenters. The van der Waals surface area contributed by atoms with Crippen molar-refractivity contribution in [1.82, 2.24) is 25.2 Å². The Labute approximate surface area is 209 Å². The van der Waals surface area contributed by atoms with Gasteiger partial charge in [-0.15, -0.1) is 0 Å². The van der Waals surface area contributed by atoms with E-state index in [0.717, 1.165) is 31.3 Å². The Bertz CT molecular complexity index is 1370. The topological polar surface area (TPSA) is 100 Å². The predicted molar refractivity (Wildman–Crippen MR) is 126 cm³/mol. The standard InChI is InChI=1S/C25H25F4N5O3/c1-12-20(24(36)33-18-9-34(13(2)35)8-17(18)26)22-23(32-12)21(30-11-31-22)16-7-15(25(27,28)29)5-6-19(16)37-10-14-3-4-14/h5-7,11,14,17-18,32H,3-4,8-10H2,1-2H3,(H,33,36)/t17-,18+/m1/s1. The van der Waals surface area contributed by atoms with Crippen LogP contribution in [0.3, 0.4) is 0 Å².